The number of carbonyl (C=O) groups excluding carboxylic acids is 1. The third kappa shape index (κ3) is 9.24. The summed E-state index contributed by atoms with van der Waals surface area (Å²) in [7, 11) is 0. The maximum atomic E-state index is 11.0. The number of ether oxygens (including phenoxy) is 2. The van der Waals surface area contributed by atoms with Gasteiger partial charge < -0.3 is 70.8 Å². The van der Waals surface area contributed by atoms with E-state index in [4.69, 9.17) is 40.1 Å². The Labute approximate surface area is 176 Å². The molecular formula is C16H32O15. The van der Waals surface area contributed by atoms with Gasteiger partial charge in [0.15, 0.2) is 12.1 Å². The average molecular weight is 464 g/mol. The van der Waals surface area contributed by atoms with E-state index in [2.05, 4.69) is 0 Å². The number of aliphatic hydroxyl groups is 12. The van der Waals surface area contributed by atoms with Gasteiger partial charge in [0.05, 0.1) is 26.4 Å². The fraction of sp³-hybridized carbons (Fsp3) is 0.938. The van der Waals surface area contributed by atoms with Crippen molar-refractivity contribution in [2.24, 2.45) is 0 Å². The van der Waals surface area contributed by atoms with Gasteiger partial charge in [-0.1, -0.05) is 0 Å². The number of Topliss-reactive ketones (excluding diaryl/α,β-unsaturated/α-hetero) is 1. The van der Waals surface area contributed by atoms with Crippen LogP contribution in [-0.4, -0.2) is 161 Å². The minimum absolute atomic E-state index is 0.526. The normalized spacial score (nSPS) is 31.0. The molecule has 0 aromatic heterocycles. The topological polar surface area (TPSA) is 278 Å². The Morgan fingerprint density at radius 1 is 0.806 bits per heavy atom. The van der Waals surface area contributed by atoms with E-state index < -0.39 is 100 Å². The van der Waals surface area contributed by atoms with Crippen LogP contribution in [0.1, 0.15) is 0 Å². The summed E-state index contributed by atoms with van der Waals surface area (Å²) in [6.45, 7) is -3.46. The molecule has 0 bridgehead atoms. The Hall–Kier alpha value is -0.890. The Morgan fingerprint density at radius 3 is 1.74 bits per heavy atom. The van der Waals surface area contributed by atoms with Crippen molar-refractivity contribution in [3.63, 3.8) is 0 Å². The summed E-state index contributed by atoms with van der Waals surface area (Å²) in [6.07, 6.45) is -15.9. The fourth-order valence-corrected chi connectivity index (χ4v) is 2.23. The molecule has 0 aromatic rings. The molecule has 1 rings (SSSR count). The zero-order valence-electron chi connectivity index (χ0n) is 16.4. The average Bonchev–Trinajstić information content (AvgIpc) is 2.79. The molecule has 0 radical (unpaired) electrons. The highest BCUT2D eigenvalue weighted by Gasteiger charge is 2.44. The summed E-state index contributed by atoms with van der Waals surface area (Å²) in [6, 6.07) is 0. The van der Waals surface area contributed by atoms with Crippen molar-refractivity contribution in [2.45, 2.75) is 61.2 Å². The van der Waals surface area contributed by atoms with Crippen LogP contribution in [0, 0.1) is 0 Å². The van der Waals surface area contributed by atoms with E-state index in [1.54, 1.807) is 0 Å². The zero-order valence-corrected chi connectivity index (χ0v) is 16.4. The van der Waals surface area contributed by atoms with Gasteiger partial charge in [-0.15, -0.1) is 0 Å². The molecule has 186 valence electrons. The second-order valence-corrected chi connectivity index (χ2v) is 6.66. The van der Waals surface area contributed by atoms with Crippen molar-refractivity contribution in [1.82, 2.24) is 0 Å². The summed E-state index contributed by atoms with van der Waals surface area (Å²) in [4.78, 5) is 11.0. The molecule has 0 aliphatic carbocycles. The Kier molecular flexibility index (Phi) is 14.6. The lowest BCUT2D eigenvalue weighted by Crippen LogP contribution is -2.59. The monoisotopic (exact) mass is 464 g/mol. The molecule has 12 N–H and O–H groups in total. The maximum absolute atomic E-state index is 11.0. The van der Waals surface area contributed by atoms with Crippen molar-refractivity contribution < 1.29 is 75.5 Å². The highest BCUT2D eigenvalue weighted by atomic mass is 16.7. The van der Waals surface area contributed by atoms with Gasteiger partial charge in [-0.3, -0.25) is 4.79 Å². The second-order valence-electron chi connectivity index (χ2n) is 6.66. The van der Waals surface area contributed by atoms with E-state index in [1.807, 2.05) is 0 Å². The summed E-state index contributed by atoms with van der Waals surface area (Å²) in [5.41, 5.74) is 0. The Bertz CT molecular complexity index is 484. The lowest BCUT2D eigenvalue weighted by molar-refractivity contribution is -0.306. The first-order valence-electron chi connectivity index (χ1n) is 9.14. The summed E-state index contributed by atoms with van der Waals surface area (Å²) in [5, 5.41) is 108. The third-order valence-corrected chi connectivity index (χ3v) is 4.30. The predicted molar refractivity (Wildman–Crippen MR) is 96.0 cm³/mol. The lowest BCUT2D eigenvalue weighted by Gasteiger charge is -2.40. The van der Waals surface area contributed by atoms with Crippen LogP contribution >= 0.6 is 0 Å². The molecule has 0 saturated carbocycles. The van der Waals surface area contributed by atoms with Crippen LogP contribution in [0.4, 0.5) is 0 Å². The van der Waals surface area contributed by atoms with Crippen molar-refractivity contribution >= 4 is 5.78 Å². The van der Waals surface area contributed by atoms with Crippen molar-refractivity contribution in [3.05, 3.63) is 0 Å². The highest BCUT2D eigenvalue weighted by molar-refractivity contribution is 5.84. The van der Waals surface area contributed by atoms with Gasteiger partial charge in [0.2, 0.25) is 0 Å². The second kappa shape index (κ2) is 15.0. The van der Waals surface area contributed by atoms with Gasteiger partial charge in [-0.05, 0) is 0 Å². The molecule has 1 saturated heterocycles. The number of carbonyl (C=O) groups is 1. The van der Waals surface area contributed by atoms with Crippen molar-refractivity contribution in [1.29, 1.82) is 0 Å². The Morgan fingerprint density at radius 2 is 1.32 bits per heavy atom. The van der Waals surface area contributed by atoms with Crippen LogP contribution in [0.25, 0.3) is 0 Å². The predicted octanol–water partition coefficient (Wildman–Crippen LogP) is -7.86. The number of aliphatic hydroxyl groups excluding tert-OH is 12. The molecule has 0 aromatic carbocycles. The summed E-state index contributed by atoms with van der Waals surface area (Å²) < 4.78 is 9.94. The van der Waals surface area contributed by atoms with E-state index in [-0.39, 0.29) is 0 Å². The molecule has 0 spiro atoms. The van der Waals surface area contributed by atoms with Crippen LogP contribution in [0.5, 0.6) is 0 Å². The molecule has 31 heavy (non-hydrogen) atoms. The molecule has 1 aliphatic heterocycles. The maximum Gasteiger partial charge on any atom is 0.189 e. The largest absolute Gasteiger partial charge is 0.394 e. The quantitative estimate of drug-likeness (QED) is 0.135. The van der Waals surface area contributed by atoms with Crippen LogP contribution in [0.2, 0.25) is 0 Å². The first-order chi connectivity index (χ1) is 14.5. The number of rotatable bonds is 11. The molecule has 1 heterocycles. The smallest absolute Gasteiger partial charge is 0.189 e. The molecule has 10 atom stereocenters. The number of ketones is 1. The van der Waals surface area contributed by atoms with E-state index in [0.717, 1.165) is 0 Å². The molecule has 2 unspecified atom stereocenters. The third-order valence-electron chi connectivity index (χ3n) is 4.30. The first kappa shape index (κ1) is 30.1. The fourth-order valence-electron chi connectivity index (χ4n) is 2.23. The highest BCUT2D eigenvalue weighted by Crippen LogP contribution is 2.22. The molecule has 15 nitrogen and oxygen atoms in total. The van der Waals surface area contributed by atoms with Crippen LogP contribution < -0.4 is 0 Å². The molecular weight excluding hydrogens is 432 g/mol. The van der Waals surface area contributed by atoms with E-state index in [9.17, 15) is 35.4 Å². The molecule has 1 aliphatic rings. The van der Waals surface area contributed by atoms with Gasteiger partial charge in [0.1, 0.15) is 61.5 Å². The molecule has 0 amide bonds. The van der Waals surface area contributed by atoms with Gasteiger partial charge in [0, 0.05) is 0 Å². The van der Waals surface area contributed by atoms with Gasteiger partial charge in [0.25, 0.3) is 0 Å². The molecule has 15 heteroatoms. The van der Waals surface area contributed by atoms with E-state index >= 15 is 0 Å². The van der Waals surface area contributed by atoms with E-state index in [0.29, 0.717) is 0 Å². The first-order valence-corrected chi connectivity index (χ1v) is 9.14. The zero-order chi connectivity index (χ0) is 24.3. The van der Waals surface area contributed by atoms with Crippen LogP contribution in [0.3, 0.4) is 0 Å². The van der Waals surface area contributed by atoms with Crippen molar-refractivity contribution in [3.8, 4) is 0 Å². The lowest BCUT2D eigenvalue weighted by atomic mass is 9.99. The standard InChI is InChI=1S/C12H22O11.C4H10O4/c13-1-4(15)7(17)8(18)5(16)3-22-12-11(21)10(20)9(19)6(2-14)23-12;5-1-3(7)4(8)2-6/h5-14,16-21H,1-3H2;3-8H,1-2H2/t5-,6-,7-,8-,9-,10+,11-,12+;/m1./s1. The van der Waals surface area contributed by atoms with Crippen LogP contribution in [-0.2, 0) is 14.3 Å². The van der Waals surface area contributed by atoms with Crippen molar-refractivity contribution in [2.75, 3.05) is 33.0 Å². The SMILES string of the molecule is O=C(CO)[C@@H](O)[C@H](O)[C@H](O)CO[C@H]1O[C@H](CO)[C@@H](O)[C@H](O)[C@H]1O.OCC(O)C(O)CO. The number of hydrogen-bond acceptors (Lipinski definition) is 15. The summed E-state index contributed by atoms with van der Waals surface area (Å²) in [5.74, 6) is -1.11. The van der Waals surface area contributed by atoms with E-state index in [1.165, 1.54) is 0 Å². The molecule has 1 fully saturated rings. The van der Waals surface area contributed by atoms with Gasteiger partial charge >= 0.3 is 0 Å². The number of hydrogen-bond donors (Lipinski definition) is 12. The minimum Gasteiger partial charge on any atom is -0.394 e. The van der Waals surface area contributed by atoms with Crippen LogP contribution in [0.15, 0.2) is 0 Å². The summed E-state index contributed by atoms with van der Waals surface area (Å²) >= 11 is 0. The Balaban J connectivity index is 0.000000954. The minimum atomic E-state index is -2.03. The van der Waals surface area contributed by atoms with Gasteiger partial charge in [-0.2, -0.15) is 0 Å². The van der Waals surface area contributed by atoms with Gasteiger partial charge in [-0.25, -0.2) is 0 Å².